The molecule has 2 aliphatic heterocycles. The maximum Gasteiger partial charge on any atom is 0.490 e. The van der Waals surface area contributed by atoms with Crippen molar-refractivity contribution in [3.8, 4) is 0 Å². The van der Waals surface area contributed by atoms with Crippen LogP contribution in [0.5, 0.6) is 0 Å². The van der Waals surface area contributed by atoms with E-state index in [0.717, 1.165) is 38.4 Å². The Balaban J connectivity index is 0.000000301. The third-order valence-electron chi connectivity index (χ3n) is 5.59. The summed E-state index contributed by atoms with van der Waals surface area (Å²) in [6.45, 7) is 5.07. The van der Waals surface area contributed by atoms with Gasteiger partial charge in [0.1, 0.15) is 0 Å². The zero-order valence-electron chi connectivity index (χ0n) is 19.5. The molecule has 3 N–H and O–H groups in total. The zero-order valence-corrected chi connectivity index (χ0v) is 20.3. The normalized spacial score (nSPS) is 20.8. The van der Waals surface area contributed by atoms with E-state index in [9.17, 15) is 31.1 Å². The highest BCUT2D eigenvalue weighted by Gasteiger charge is 2.50. The van der Waals surface area contributed by atoms with E-state index in [1.807, 2.05) is 29.1 Å². The third-order valence-corrected chi connectivity index (χ3v) is 6.27. The van der Waals surface area contributed by atoms with Gasteiger partial charge in [0.2, 0.25) is 0 Å². The second-order valence-electron chi connectivity index (χ2n) is 8.41. The molecule has 2 aliphatic rings. The number of nitrogens with one attached hydrogen (secondary N) is 1. The van der Waals surface area contributed by atoms with E-state index >= 15 is 0 Å². The fraction of sp³-hybridized carbons (Fsp3) is 0.455. The van der Waals surface area contributed by atoms with E-state index in [2.05, 4.69) is 21.3 Å². The van der Waals surface area contributed by atoms with Crippen molar-refractivity contribution in [2.24, 2.45) is 11.3 Å². The van der Waals surface area contributed by atoms with Gasteiger partial charge >= 0.3 is 24.3 Å². The number of thiophene rings is 1. The van der Waals surface area contributed by atoms with Crippen LogP contribution in [-0.2, 0) is 20.9 Å². The Morgan fingerprint density at radius 1 is 1.13 bits per heavy atom. The summed E-state index contributed by atoms with van der Waals surface area (Å²) in [5, 5.41) is 21.2. The number of aromatic nitrogens is 1. The molecular weight excluding hydrogens is 548 g/mol. The standard InChI is InChI=1S/C18H21N3O2S.2C2HF3O2/c22-17(15-3-5-24-10-15)20-11-18-12-21(8-16(18)9-23-13-18)7-14-2-1-4-19-6-14;2*3-2(4,5)1(6)7/h1-6,10,16H,7-9,11-13H2,(H,20,22);2*(H,6,7)/t16-,18+;;/m1../s1. The number of alkyl halides is 6. The summed E-state index contributed by atoms with van der Waals surface area (Å²) in [6, 6.07) is 5.96. The summed E-state index contributed by atoms with van der Waals surface area (Å²) in [4.78, 5) is 36.7. The minimum absolute atomic E-state index is 0.0157. The Morgan fingerprint density at radius 3 is 2.26 bits per heavy atom. The monoisotopic (exact) mass is 571 g/mol. The van der Waals surface area contributed by atoms with E-state index in [-0.39, 0.29) is 11.3 Å². The number of halogens is 6. The number of ether oxygens (including phenoxy) is 1. The van der Waals surface area contributed by atoms with Crippen molar-refractivity contribution in [3.05, 3.63) is 52.5 Å². The molecule has 0 spiro atoms. The second-order valence-corrected chi connectivity index (χ2v) is 9.19. The first kappa shape index (κ1) is 31.0. The van der Waals surface area contributed by atoms with Crippen molar-refractivity contribution in [2.45, 2.75) is 18.9 Å². The Kier molecular flexibility index (Phi) is 10.6. The summed E-state index contributed by atoms with van der Waals surface area (Å²) in [6.07, 6.45) is -6.44. The van der Waals surface area contributed by atoms with Gasteiger partial charge in [-0.2, -0.15) is 37.7 Å². The first-order valence-electron chi connectivity index (χ1n) is 10.7. The van der Waals surface area contributed by atoms with Gasteiger partial charge in [-0.05, 0) is 23.1 Å². The lowest BCUT2D eigenvalue weighted by atomic mass is 9.81. The number of aliphatic carboxylic acids is 2. The molecule has 2 aromatic rings. The molecule has 0 aromatic carbocycles. The predicted octanol–water partition coefficient (Wildman–Crippen LogP) is 3.29. The summed E-state index contributed by atoms with van der Waals surface area (Å²) >= 11 is 1.55. The van der Waals surface area contributed by atoms with Gasteiger partial charge in [0.05, 0.1) is 13.2 Å². The van der Waals surface area contributed by atoms with Gasteiger partial charge < -0.3 is 20.3 Å². The predicted molar refractivity (Wildman–Crippen MR) is 120 cm³/mol. The van der Waals surface area contributed by atoms with E-state index < -0.39 is 24.3 Å². The molecule has 1 amide bonds. The van der Waals surface area contributed by atoms with Gasteiger partial charge in [0, 0.05) is 60.8 Å². The molecule has 4 heterocycles. The van der Waals surface area contributed by atoms with Crippen LogP contribution < -0.4 is 5.32 Å². The van der Waals surface area contributed by atoms with Crippen LogP contribution in [0, 0.1) is 11.3 Å². The number of fused-ring (bicyclic) bond motifs is 1. The fourth-order valence-electron chi connectivity index (χ4n) is 3.82. The molecule has 0 radical (unpaired) electrons. The number of nitrogens with zero attached hydrogens (tertiary/aromatic N) is 2. The highest BCUT2D eigenvalue weighted by molar-refractivity contribution is 7.08. The number of carboxylic acids is 2. The van der Waals surface area contributed by atoms with Gasteiger partial charge in [-0.3, -0.25) is 14.7 Å². The van der Waals surface area contributed by atoms with Gasteiger partial charge in [-0.25, -0.2) is 9.59 Å². The summed E-state index contributed by atoms with van der Waals surface area (Å²) in [5.41, 5.74) is 2.02. The number of hydrogen-bond donors (Lipinski definition) is 3. The van der Waals surface area contributed by atoms with E-state index in [1.54, 1.807) is 17.5 Å². The topological polar surface area (TPSA) is 129 Å². The molecule has 16 heteroatoms. The molecule has 210 valence electrons. The lowest BCUT2D eigenvalue weighted by Gasteiger charge is -2.27. The molecule has 4 rings (SSSR count). The number of pyridine rings is 1. The maximum atomic E-state index is 12.3. The fourth-order valence-corrected chi connectivity index (χ4v) is 4.45. The third kappa shape index (κ3) is 9.25. The zero-order chi connectivity index (χ0) is 28.6. The molecule has 0 unspecified atom stereocenters. The number of rotatable bonds is 5. The van der Waals surface area contributed by atoms with Crippen LogP contribution in [0.15, 0.2) is 41.4 Å². The van der Waals surface area contributed by atoms with Crippen molar-refractivity contribution >= 4 is 29.2 Å². The summed E-state index contributed by atoms with van der Waals surface area (Å²) in [5.74, 6) is -5.01. The lowest BCUT2D eigenvalue weighted by Crippen LogP contribution is -2.43. The Hall–Kier alpha value is -3.24. The quantitative estimate of drug-likeness (QED) is 0.467. The highest BCUT2D eigenvalue weighted by Crippen LogP contribution is 2.41. The molecule has 2 aromatic heterocycles. The van der Waals surface area contributed by atoms with Crippen molar-refractivity contribution in [1.82, 2.24) is 15.2 Å². The number of hydrogen-bond acceptors (Lipinski definition) is 7. The van der Waals surface area contributed by atoms with Crippen molar-refractivity contribution in [2.75, 3.05) is 32.8 Å². The van der Waals surface area contributed by atoms with Crippen LogP contribution >= 0.6 is 11.3 Å². The smallest absolute Gasteiger partial charge is 0.475 e. The number of likely N-dealkylation sites (tertiary alicyclic amines) is 1. The van der Waals surface area contributed by atoms with Crippen LogP contribution in [0.3, 0.4) is 0 Å². The molecule has 0 saturated carbocycles. The number of amides is 1. The number of carbonyl (C=O) groups excluding carboxylic acids is 1. The summed E-state index contributed by atoms with van der Waals surface area (Å²) < 4.78 is 69.2. The Morgan fingerprint density at radius 2 is 1.76 bits per heavy atom. The molecule has 2 saturated heterocycles. The minimum atomic E-state index is -5.08. The Labute approximate surface area is 216 Å². The van der Waals surface area contributed by atoms with Gasteiger partial charge in [-0.1, -0.05) is 6.07 Å². The van der Waals surface area contributed by atoms with E-state index in [0.29, 0.717) is 12.5 Å². The largest absolute Gasteiger partial charge is 0.490 e. The molecule has 0 aliphatic carbocycles. The minimum Gasteiger partial charge on any atom is -0.475 e. The van der Waals surface area contributed by atoms with Crippen LogP contribution in [0.1, 0.15) is 15.9 Å². The highest BCUT2D eigenvalue weighted by atomic mass is 32.1. The molecule has 0 bridgehead atoms. The molecular formula is C22H23F6N3O6S. The first-order chi connectivity index (χ1) is 17.6. The molecule has 9 nitrogen and oxygen atoms in total. The van der Waals surface area contributed by atoms with Gasteiger partial charge in [-0.15, -0.1) is 0 Å². The average molecular weight is 571 g/mol. The molecule has 38 heavy (non-hydrogen) atoms. The van der Waals surface area contributed by atoms with Gasteiger partial charge in [0.25, 0.3) is 5.91 Å². The second kappa shape index (κ2) is 13.0. The van der Waals surface area contributed by atoms with Crippen LogP contribution in [0.2, 0.25) is 0 Å². The first-order valence-corrected chi connectivity index (χ1v) is 11.7. The van der Waals surface area contributed by atoms with Crippen molar-refractivity contribution in [3.63, 3.8) is 0 Å². The van der Waals surface area contributed by atoms with Crippen molar-refractivity contribution in [1.29, 1.82) is 0 Å². The SMILES string of the molecule is O=C(NC[C@]12COC[C@H]1CN(Cc1cccnc1)C2)c1ccsc1.O=C(O)C(F)(F)F.O=C(O)C(F)(F)F. The molecule has 2 fully saturated rings. The number of carboxylic acid groups (broad SMARTS) is 2. The van der Waals surface area contributed by atoms with Crippen LogP contribution in [0.4, 0.5) is 26.3 Å². The van der Waals surface area contributed by atoms with Crippen LogP contribution in [-0.4, -0.2) is 83.1 Å². The lowest BCUT2D eigenvalue weighted by molar-refractivity contribution is -0.193. The maximum absolute atomic E-state index is 12.3. The van der Waals surface area contributed by atoms with Crippen LogP contribution in [0.25, 0.3) is 0 Å². The number of carbonyl (C=O) groups is 3. The van der Waals surface area contributed by atoms with E-state index in [1.165, 1.54) is 5.56 Å². The average Bonchev–Trinajstić information content (AvgIpc) is 3.54. The molecule has 2 atom stereocenters. The van der Waals surface area contributed by atoms with E-state index in [4.69, 9.17) is 24.5 Å². The summed E-state index contributed by atoms with van der Waals surface area (Å²) in [7, 11) is 0. The van der Waals surface area contributed by atoms with Gasteiger partial charge in [0.15, 0.2) is 0 Å². The van der Waals surface area contributed by atoms with Crippen molar-refractivity contribution < 1.29 is 55.7 Å². The Bertz CT molecular complexity index is 1040.